The second kappa shape index (κ2) is 4.55. The molecule has 1 fully saturated rings. The lowest BCUT2D eigenvalue weighted by molar-refractivity contribution is 0.0497. The lowest BCUT2D eigenvalue weighted by atomic mass is 10.3. The van der Waals surface area contributed by atoms with Crippen LogP contribution in [0.5, 0.6) is 0 Å². The van der Waals surface area contributed by atoms with E-state index in [4.69, 9.17) is 4.74 Å². The number of nitrogens with zero attached hydrogens (tertiary/aromatic N) is 1. The predicted octanol–water partition coefficient (Wildman–Crippen LogP) is 1.62. The number of hydrazine groups is 1. The Morgan fingerprint density at radius 2 is 1.67 bits per heavy atom. The first-order valence-corrected chi connectivity index (χ1v) is 4.79. The molecule has 0 radical (unpaired) electrons. The van der Waals surface area contributed by atoms with Crippen LogP contribution in [-0.4, -0.2) is 31.3 Å². The van der Waals surface area contributed by atoms with E-state index in [1.54, 1.807) is 0 Å². The number of hydrogen-bond acceptors (Lipinski definition) is 3. The first-order chi connectivity index (χ1) is 7.24. The van der Waals surface area contributed by atoms with Gasteiger partial charge in [-0.05, 0) is 12.1 Å². The first kappa shape index (κ1) is 10.3. The summed E-state index contributed by atoms with van der Waals surface area (Å²) in [5, 5.41) is 1.87. The lowest BCUT2D eigenvalue weighted by Crippen LogP contribution is -2.40. The molecule has 2 rings (SSSR count). The van der Waals surface area contributed by atoms with Gasteiger partial charge in [0, 0.05) is 19.2 Å². The van der Waals surface area contributed by atoms with E-state index in [9.17, 15) is 8.78 Å². The van der Waals surface area contributed by atoms with Crippen LogP contribution < -0.4 is 5.43 Å². The molecule has 0 atom stereocenters. The fourth-order valence-corrected chi connectivity index (χ4v) is 1.48. The van der Waals surface area contributed by atoms with Gasteiger partial charge in [0.1, 0.15) is 11.6 Å². The third-order valence-corrected chi connectivity index (χ3v) is 2.16. The number of hydrogen-bond donors (Lipinski definition) is 1. The van der Waals surface area contributed by atoms with Crippen LogP contribution in [-0.2, 0) is 4.74 Å². The number of morpholine rings is 1. The quantitative estimate of drug-likeness (QED) is 0.809. The Labute approximate surface area is 86.6 Å². The zero-order chi connectivity index (χ0) is 10.7. The second-order valence-corrected chi connectivity index (χ2v) is 3.37. The summed E-state index contributed by atoms with van der Waals surface area (Å²) in [5.41, 5.74) is 3.36. The van der Waals surface area contributed by atoms with Crippen molar-refractivity contribution in [2.45, 2.75) is 0 Å². The summed E-state index contributed by atoms with van der Waals surface area (Å²) in [5.74, 6) is -1.16. The van der Waals surface area contributed by atoms with Gasteiger partial charge in [0.15, 0.2) is 0 Å². The molecule has 15 heavy (non-hydrogen) atoms. The number of ether oxygens (including phenoxy) is 1. The molecular weight excluding hydrogens is 202 g/mol. The van der Waals surface area contributed by atoms with E-state index in [2.05, 4.69) is 5.43 Å². The predicted molar refractivity (Wildman–Crippen MR) is 52.4 cm³/mol. The average molecular weight is 214 g/mol. The van der Waals surface area contributed by atoms with Crippen LogP contribution in [0.15, 0.2) is 18.2 Å². The number of benzene rings is 1. The number of anilines is 1. The zero-order valence-electron chi connectivity index (χ0n) is 8.17. The normalized spacial score (nSPS) is 17.7. The third-order valence-electron chi connectivity index (χ3n) is 2.16. The van der Waals surface area contributed by atoms with Crippen molar-refractivity contribution in [1.82, 2.24) is 5.01 Å². The van der Waals surface area contributed by atoms with E-state index >= 15 is 0 Å². The highest BCUT2D eigenvalue weighted by Gasteiger charge is 2.10. The standard InChI is InChI=1S/C10H12F2N2O/c11-8-5-9(12)7-10(6-8)13-14-1-3-15-4-2-14/h5-7,13H,1-4H2. The van der Waals surface area contributed by atoms with Crippen molar-refractivity contribution in [3.05, 3.63) is 29.8 Å². The van der Waals surface area contributed by atoms with Crippen molar-refractivity contribution < 1.29 is 13.5 Å². The molecule has 1 aromatic rings. The fourth-order valence-electron chi connectivity index (χ4n) is 1.48. The van der Waals surface area contributed by atoms with E-state index in [0.29, 0.717) is 32.0 Å². The highest BCUT2D eigenvalue weighted by molar-refractivity contribution is 5.42. The third kappa shape index (κ3) is 2.87. The Kier molecular flexibility index (Phi) is 3.13. The first-order valence-electron chi connectivity index (χ1n) is 4.79. The van der Waals surface area contributed by atoms with Gasteiger partial charge in [-0.15, -0.1) is 0 Å². The fraction of sp³-hybridized carbons (Fsp3) is 0.400. The Morgan fingerprint density at radius 3 is 2.27 bits per heavy atom. The van der Waals surface area contributed by atoms with Crippen molar-refractivity contribution in [1.29, 1.82) is 0 Å². The number of halogens is 2. The van der Waals surface area contributed by atoms with Gasteiger partial charge in [0.05, 0.1) is 18.9 Å². The molecule has 0 spiro atoms. The molecule has 0 saturated carbocycles. The van der Waals surface area contributed by atoms with Crippen molar-refractivity contribution in [3.63, 3.8) is 0 Å². The van der Waals surface area contributed by atoms with Gasteiger partial charge in [0.2, 0.25) is 0 Å². The van der Waals surface area contributed by atoms with Crippen LogP contribution in [0.4, 0.5) is 14.5 Å². The largest absolute Gasteiger partial charge is 0.379 e. The summed E-state index contributed by atoms with van der Waals surface area (Å²) < 4.78 is 30.9. The van der Waals surface area contributed by atoms with Crippen LogP contribution in [0.3, 0.4) is 0 Å². The van der Waals surface area contributed by atoms with Crippen LogP contribution in [0.1, 0.15) is 0 Å². The van der Waals surface area contributed by atoms with E-state index < -0.39 is 11.6 Å². The Hall–Kier alpha value is -1.20. The minimum Gasteiger partial charge on any atom is -0.379 e. The maximum Gasteiger partial charge on any atom is 0.128 e. The molecule has 3 nitrogen and oxygen atoms in total. The summed E-state index contributed by atoms with van der Waals surface area (Å²) in [6.07, 6.45) is 0. The van der Waals surface area contributed by atoms with Crippen molar-refractivity contribution >= 4 is 5.69 Å². The van der Waals surface area contributed by atoms with E-state index in [1.807, 2.05) is 5.01 Å². The van der Waals surface area contributed by atoms with Gasteiger partial charge < -0.3 is 10.2 Å². The second-order valence-electron chi connectivity index (χ2n) is 3.37. The highest BCUT2D eigenvalue weighted by Crippen LogP contribution is 2.14. The molecule has 1 aliphatic heterocycles. The number of rotatable bonds is 2. The topological polar surface area (TPSA) is 24.5 Å². The van der Waals surface area contributed by atoms with Gasteiger partial charge in [-0.2, -0.15) is 0 Å². The molecule has 1 heterocycles. The van der Waals surface area contributed by atoms with Gasteiger partial charge in [-0.3, -0.25) is 0 Å². The Balaban J connectivity index is 2.02. The summed E-state index contributed by atoms with van der Waals surface area (Å²) in [4.78, 5) is 0. The van der Waals surface area contributed by atoms with Crippen LogP contribution in [0, 0.1) is 11.6 Å². The molecule has 0 bridgehead atoms. The molecular formula is C10H12F2N2O. The number of nitrogens with one attached hydrogen (secondary N) is 1. The van der Waals surface area contributed by atoms with Crippen molar-refractivity contribution in [3.8, 4) is 0 Å². The molecule has 0 amide bonds. The maximum absolute atomic E-state index is 12.9. The molecule has 1 aromatic carbocycles. The van der Waals surface area contributed by atoms with Gasteiger partial charge in [-0.1, -0.05) is 0 Å². The van der Waals surface area contributed by atoms with Gasteiger partial charge in [-0.25, -0.2) is 13.8 Å². The average Bonchev–Trinajstić information content (AvgIpc) is 2.17. The van der Waals surface area contributed by atoms with Gasteiger partial charge in [0.25, 0.3) is 0 Å². The molecule has 1 N–H and O–H groups in total. The SMILES string of the molecule is Fc1cc(F)cc(NN2CCOCC2)c1. The summed E-state index contributed by atoms with van der Waals surface area (Å²) in [6.45, 7) is 2.67. The van der Waals surface area contributed by atoms with Crippen molar-refractivity contribution in [2.75, 3.05) is 31.7 Å². The van der Waals surface area contributed by atoms with Crippen LogP contribution in [0.25, 0.3) is 0 Å². The van der Waals surface area contributed by atoms with Gasteiger partial charge >= 0.3 is 0 Å². The lowest BCUT2D eigenvalue weighted by Gasteiger charge is -2.27. The van der Waals surface area contributed by atoms with E-state index in [1.165, 1.54) is 12.1 Å². The molecule has 0 aromatic heterocycles. The summed E-state index contributed by atoms with van der Waals surface area (Å²) >= 11 is 0. The zero-order valence-corrected chi connectivity index (χ0v) is 8.17. The van der Waals surface area contributed by atoms with E-state index in [0.717, 1.165) is 6.07 Å². The Bertz CT molecular complexity index is 320. The minimum atomic E-state index is -0.578. The molecule has 1 saturated heterocycles. The molecule has 82 valence electrons. The molecule has 0 aliphatic carbocycles. The summed E-state index contributed by atoms with van der Waals surface area (Å²) in [6, 6.07) is 3.38. The molecule has 0 unspecified atom stereocenters. The maximum atomic E-state index is 12.9. The van der Waals surface area contributed by atoms with Crippen molar-refractivity contribution in [2.24, 2.45) is 0 Å². The highest BCUT2D eigenvalue weighted by atomic mass is 19.1. The molecule has 1 aliphatic rings. The van der Waals surface area contributed by atoms with Crippen LogP contribution in [0.2, 0.25) is 0 Å². The summed E-state index contributed by atoms with van der Waals surface area (Å²) in [7, 11) is 0. The molecule has 5 heteroatoms. The smallest absolute Gasteiger partial charge is 0.128 e. The van der Waals surface area contributed by atoms with Crippen LogP contribution >= 0.6 is 0 Å². The monoisotopic (exact) mass is 214 g/mol. The Morgan fingerprint density at radius 1 is 1.07 bits per heavy atom. The van der Waals surface area contributed by atoms with E-state index in [-0.39, 0.29) is 0 Å². The minimum absolute atomic E-state index is 0.425.